The van der Waals surface area contributed by atoms with Gasteiger partial charge in [0.2, 0.25) is 0 Å². The van der Waals surface area contributed by atoms with Gasteiger partial charge in [-0.3, -0.25) is 0 Å². The number of nitrogens with zero attached hydrogens (tertiary/aromatic N) is 1. The third-order valence-corrected chi connectivity index (χ3v) is 4.67. The smallest absolute Gasteiger partial charge is 0.0340 e. The predicted molar refractivity (Wildman–Crippen MR) is 104 cm³/mol. The lowest BCUT2D eigenvalue weighted by atomic mass is 10.0. The van der Waals surface area contributed by atoms with E-state index in [1.165, 1.54) is 62.6 Å². The first-order valence-electron chi connectivity index (χ1n) is 9.85. The molecule has 0 saturated carbocycles. The van der Waals surface area contributed by atoms with E-state index in [0.717, 1.165) is 26.2 Å². The minimum atomic E-state index is 1.03. The molecule has 0 saturated heterocycles. The van der Waals surface area contributed by atoms with Crippen LogP contribution >= 0.6 is 0 Å². The highest BCUT2D eigenvalue weighted by Gasteiger charge is 1.99. The minimum absolute atomic E-state index is 1.03. The first-order valence-corrected chi connectivity index (χ1v) is 9.85. The number of hydrogen-bond acceptors (Lipinski definition) is 2. The van der Waals surface area contributed by atoms with Crippen LogP contribution in [-0.4, -0.2) is 31.1 Å². The third-order valence-electron chi connectivity index (χ3n) is 4.67. The van der Waals surface area contributed by atoms with E-state index in [9.17, 15) is 0 Å². The number of unbranched alkanes of at least 4 members (excludes halogenated alkanes) is 6. The van der Waals surface area contributed by atoms with Gasteiger partial charge in [-0.2, -0.15) is 0 Å². The minimum Gasteiger partial charge on any atom is -0.384 e. The van der Waals surface area contributed by atoms with Crippen LogP contribution < -0.4 is 5.32 Å². The lowest BCUT2D eigenvalue weighted by Gasteiger charge is -2.18. The van der Waals surface area contributed by atoms with Gasteiger partial charge in [-0.15, -0.1) is 0 Å². The average molecular weight is 319 g/mol. The van der Waals surface area contributed by atoms with Crippen LogP contribution in [0.2, 0.25) is 0 Å². The molecule has 2 heteroatoms. The van der Waals surface area contributed by atoms with Gasteiger partial charge in [0.05, 0.1) is 0 Å². The largest absolute Gasteiger partial charge is 0.384 e. The summed E-state index contributed by atoms with van der Waals surface area (Å²) in [4.78, 5) is 2.45. The van der Waals surface area contributed by atoms with Crippen LogP contribution in [0.15, 0.2) is 24.3 Å². The Kier molecular flexibility index (Phi) is 11.7. The zero-order valence-electron chi connectivity index (χ0n) is 15.7. The summed E-state index contributed by atoms with van der Waals surface area (Å²) in [6.45, 7) is 11.1. The Bertz CT molecular complexity index is 368. The van der Waals surface area contributed by atoms with Crippen LogP contribution in [0, 0.1) is 0 Å². The van der Waals surface area contributed by atoms with E-state index in [2.05, 4.69) is 55.3 Å². The number of hydrogen-bond donors (Lipinski definition) is 1. The van der Waals surface area contributed by atoms with Gasteiger partial charge in [0, 0.05) is 18.8 Å². The lowest BCUT2D eigenvalue weighted by Crippen LogP contribution is -2.28. The van der Waals surface area contributed by atoms with Crippen molar-refractivity contribution in [1.82, 2.24) is 4.90 Å². The standard InChI is InChI=1S/C21H38N2/c1-4-7-8-9-10-11-12-13-20-14-16-21(17-15-20)22-18-19-23(5-2)6-3/h14-17,22H,4-13,18-19H2,1-3H3. The summed E-state index contributed by atoms with van der Waals surface area (Å²) in [5.74, 6) is 0. The lowest BCUT2D eigenvalue weighted by molar-refractivity contribution is 0.316. The molecule has 1 rings (SSSR count). The second-order valence-corrected chi connectivity index (χ2v) is 6.52. The van der Waals surface area contributed by atoms with Crippen molar-refractivity contribution in [2.75, 3.05) is 31.5 Å². The molecule has 0 heterocycles. The molecule has 0 amide bonds. The second kappa shape index (κ2) is 13.4. The van der Waals surface area contributed by atoms with E-state index >= 15 is 0 Å². The van der Waals surface area contributed by atoms with Crippen LogP contribution in [0.5, 0.6) is 0 Å². The number of likely N-dealkylation sites (N-methyl/N-ethyl adjacent to an activating group) is 1. The van der Waals surface area contributed by atoms with Gasteiger partial charge in [0.15, 0.2) is 0 Å². The fraction of sp³-hybridized carbons (Fsp3) is 0.714. The fourth-order valence-corrected chi connectivity index (χ4v) is 2.97. The maximum absolute atomic E-state index is 3.53. The Hall–Kier alpha value is -1.02. The van der Waals surface area contributed by atoms with Crippen molar-refractivity contribution in [3.8, 4) is 0 Å². The molecule has 1 aromatic carbocycles. The van der Waals surface area contributed by atoms with Gasteiger partial charge < -0.3 is 10.2 Å². The van der Waals surface area contributed by atoms with E-state index in [1.54, 1.807) is 0 Å². The van der Waals surface area contributed by atoms with Crippen molar-refractivity contribution >= 4 is 5.69 Å². The Morgan fingerprint density at radius 3 is 2.00 bits per heavy atom. The second-order valence-electron chi connectivity index (χ2n) is 6.52. The van der Waals surface area contributed by atoms with Crippen LogP contribution in [0.4, 0.5) is 5.69 Å². The Morgan fingerprint density at radius 2 is 1.39 bits per heavy atom. The molecule has 1 aromatic rings. The Labute approximate surface area is 144 Å². The van der Waals surface area contributed by atoms with Crippen molar-refractivity contribution in [1.29, 1.82) is 0 Å². The van der Waals surface area contributed by atoms with E-state index in [0.29, 0.717) is 0 Å². The Morgan fingerprint density at radius 1 is 0.783 bits per heavy atom. The average Bonchev–Trinajstić information content (AvgIpc) is 2.59. The maximum Gasteiger partial charge on any atom is 0.0340 e. The zero-order valence-corrected chi connectivity index (χ0v) is 15.7. The third kappa shape index (κ3) is 9.65. The molecule has 0 spiro atoms. The normalized spacial score (nSPS) is 11.1. The number of aryl methyl sites for hydroxylation is 1. The van der Waals surface area contributed by atoms with E-state index < -0.39 is 0 Å². The summed E-state index contributed by atoms with van der Waals surface area (Å²) < 4.78 is 0. The van der Waals surface area contributed by atoms with E-state index in [4.69, 9.17) is 0 Å². The van der Waals surface area contributed by atoms with Gasteiger partial charge >= 0.3 is 0 Å². The van der Waals surface area contributed by atoms with Gasteiger partial charge in [-0.05, 0) is 43.6 Å². The first-order chi connectivity index (χ1) is 11.3. The quantitative estimate of drug-likeness (QED) is 0.440. The number of rotatable bonds is 14. The number of anilines is 1. The highest BCUT2D eigenvalue weighted by molar-refractivity contribution is 5.44. The van der Waals surface area contributed by atoms with Gasteiger partial charge in [-0.1, -0.05) is 71.4 Å². The summed E-state index contributed by atoms with van der Waals surface area (Å²) in [5.41, 5.74) is 2.73. The number of nitrogens with one attached hydrogen (secondary N) is 1. The zero-order chi connectivity index (χ0) is 16.8. The summed E-state index contributed by atoms with van der Waals surface area (Å²) in [6, 6.07) is 9.05. The summed E-state index contributed by atoms with van der Waals surface area (Å²) in [5, 5.41) is 3.53. The first kappa shape index (κ1) is 20.0. The molecular weight excluding hydrogens is 280 g/mol. The molecule has 0 aromatic heterocycles. The molecule has 23 heavy (non-hydrogen) atoms. The van der Waals surface area contributed by atoms with Crippen molar-refractivity contribution in [3.05, 3.63) is 29.8 Å². The van der Waals surface area contributed by atoms with Crippen LogP contribution in [-0.2, 0) is 6.42 Å². The molecule has 0 unspecified atom stereocenters. The Balaban J connectivity index is 2.13. The van der Waals surface area contributed by atoms with Crippen LogP contribution in [0.3, 0.4) is 0 Å². The molecule has 132 valence electrons. The molecule has 0 aliphatic carbocycles. The van der Waals surface area contributed by atoms with Gasteiger partial charge in [-0.25, -0.2) is 0 Å². The molecule has 0 bridgehead atoms. The summed E-state index contributed by atoms with van der Waals surface area (Å²) in [6.07, 6.45) is 10.9. The van der Waals surface area contributed by atoms with E-state index in [-0.39, 0.29) is 0 Å². The van der Waals surface area contributed by atoms with Gasteiger partial charge in [0.1, 0.15) is 0 Å². The molecule has 0 fully saturated rings. The molecule has 0 radical (unpaired) electrons. The van der Waals surface area contributed by atoms with Gasteiger partial charge in [0.25, 0.3) is 0 Å². The SMILES string of the molecule is CCCCCCCCCc1ccc(NCCN(CC)CC)cc1. The molecular formula is C21H38N2. The monoisotopic (exact) mass is 318 g/mol. The van der Waals surface area contributed by atoms with Crippen LogP contribution in [0.1, 0.15) is 71.3 Å². The highest BCUT2D eigenvalue weighted by atomic mass is 15.1. The van der Waals surface area contributed by atoms with Crippen molar-refractivity contribution in [2.45, 2.75) is 72.1 Å². The van der Waals surface area contributed by atoms with Crippen LogP contribution in [0.25, 0.3) is 0 Å². The molecule has 1 N–H and O–H groups in total. The van der Waals surface area contributed by atoms with Crippen molar-refractivity contribution in [3.63, 3.8) is 0 Å². The predicted octanol–water partition coefficient (Wildman–Crippen LogP) is 5.73. The fourth-order valence-electron chi connectivity index (χ4n) is 2.97. The highest BCUT2D eigenvalue weighted by Crippen LogP contribution is 2.13. The topological polar surface area (TPSA) is 15.3 Å². The van der Waals surface area contributed by atoms with E-state index in [1.807, 2.05) is 0 Å². The summed E-state index contributed by atoms with van der Waals surface area (Å²) in [7, 11) is 0. The molecule has 0 atom stereocenters. The maximum atomic E-state index is 3.53. The molecule has 0 aliphatic heterocycles. The number of benzene rings is 1. The molecule has 0 aliphatic rings. The van der Waals surface area contributed by atoms with Crippen molar-refractivity contribution in [2.24, 2.45) is 0 Å². The molecule has 2 nitrogen and oxygen atoms in total. The summed E-state index contributed by atoms with van der Waals surface area (Å²) >= 11 is 0. The van der Waals surface area contributed by atoms with Crippen molar-refractivity contribution < 1.29 is 0 Å².